The van der Waals surface area contributed by atoms with E-state index in [0.717, 1.165) is 55.9 Å². The van der Waals surface area contributed by atoms with Gasteiger partial charge in [-0.05, 0) is 13.8 Å². The van der Waals surface area contributed by atoms with Gasteiger partial charge in [0.05, 0.1) is 10.6 Å². The van der Waals surface area contributed by atoms with Gasteiger partial charge in [0.1, 0.15) is 12.0 Å². The Kier molecular flexibility index (Phi) is 4.30. The summed E-state index contributed by atoms with van der Waals surface area (Å²) in [7, 11) is 0. The van der Waals surface area contributed by atoms with E-state index in [1.165, 1.54) is 0 Å². The fourth-order valence-corrected chi connectivity index (χ4v) is 2.73. The Morgan fingerprint density at radius 3 is 2.58 bits per heavy atom. The number of anilines is 2. The number of nitrogens with two attached hydrogens (primary N) is 1. The molecule has 0 aliphatic carbocycles. The van der Waals surface area contributed by atoms with Crippen molar-refractivity contribution in [1.29, 1.82) is 0 Å². The van der Waals surface area contributed by atoms with Gasteiger partial charge < -0.3 is 15.2 Å². The largest absolute Gasteiger partial charge is 0.378 e. The summed E-state index contributed by atoms with van der Waals surface area (Å²) in [4.78, 5) is 22.6. The van der Waals surface area contributed by atoms with Crippen LogP contribution in [0.1, 0.15) is 17.0 Å². The summed E-state index contributed by atoms with van der Waals surface area (Å²) in [6.45, 7) is 7.74. The van der Waals surface area contributed by atoms with Crippen LogP contribution in [0.4, 0.5) is 17.5 Å². The third-order valence-corrected chi connectivity index (χ3v) is 4.20. The summed E-state index contributed by atoms with van der Waals surface area (Å²) in [6.07, 6.45) is 1.16. The highest BCUT2D eigenvalue weighted by Crippen LogP contribution is 2.22. The highest BCUT2D eigenvalue weighted by molar-refractivity contribution is 5.53. The van der Waals surface area contributed by atoms with Gasteiger partial charge in [-0.3, -0.25) is 15.0 Å². The van der Waals surface area contributed by atoms with E-state index in [1.54, 1.807) is 0 Å². The van der Waals surface area contributed by atoms with Gasteiger partial charge in [0.25, 0.3) is 0 Å². The summed E-state index contributed by atoms with van der Waals surface area (Å²) in [6, 6.07) is 0. The summed E-state index contributed by atoms with van der Waals surface area (Å²) in [5.41, 5.74) is 7.41. The highest BCUT2D eigenvalue weighted by Gasteiger charge is 2.23. The number of nitro groups is 1. The molecule has 128 valence electrons. The zero-order chi connectivity index (χ0) is 17.3. The average molecular weight is 333 g/mol. The predicted molar refractivity (Wildman–Crippen MR) is 86.6 cm³/mol. The van der Waals surface area contributed by atoms with Crippen molar-refractivity contribution in [2.24, 2.45) is 0 Å². The lowest BCUT2D eigenvalue weighted by molar-refractivity contribution is -0.384. The van der Waals surface area contributed by atoms with E-state index in [0.29, 0.717) is 5.95 Å². The lowest BCUT2D eigenvalue weighted by Crippen LogP contribution is -2.46. The predicted octanol–water partition coefficient (Wildman–Crippen LogP) is 0.894. The molecule has 0 spiro atoms. The fraction of sp³-hybridized carbons (Fsp3) is 0.500. The molecule has 2 N–H and O–H groups in total. The Hall–Kier alpha value is -2.75. The summed E-state index contributed by atoms with van der Waals surface area (Å²) >= 11 is 0. The molecule has 2 aromatic heterocycles. The first-order valence-electron chi connectivity index (χ1n) is 7.61. The van der Waals surface area contributed by atoms with E-state index in [4.69, 9.17) is 10.3 Å². The van der Waals surface area contributed by atoms with E-state index in [9.17, 15) is 10.1 Å². The first-order valence-corrected chi connectivity index (χ1v) is 7.61. The lowest BCUT2D eigenvalue weighted by Gasteiger charge is -2.34. The molecule has 0 saturated carbocycles. The molecule has 0 radical (unpaired) electrons. The van der Waals surface area contributed by atoms with Gasteiger partial charge in [-0.1, -0.05) is 5.16 Å². The minimum absolute atomic E-state index is 0.108. The molecular weight excluding hydrogens is 314 g/mol. The number of aryl methyl sites for hydroxylation is 2. The second kappa shape index (κ2) is 6.40. The van der Waals surface area contributed by atoms with Crippen molar-refractivity contribution in [2.45, 2.75) is 20.4 Å². The highest BCUT2D eigenvalue weighted by atomic mass is 16.6. The van der Waals surface area contributed by atoms with Crippen LogP contribution in [-0.2, 0) is 6.54 Å². The van der Waals surface area contributed by atoms with Crippen LogP contribution in [0.25, 0.3) is 0 Å². The molecule has 1 aliphatic rings. The maximum atomic E-state index is 10.8. The maximum absolute atomic E-state index is 10.8. The molecule has 1 fully saturated rings. The third kappa shape index (κ3) is 3.13. The van der Waals surface area contributed by atoms with E-state index < -0.39 is 4.92 Å². The maximum Gasteiger partial charge on any atom is 0.329 e. The molecule has 1 aliphatic heterocycles. The molecule has 1 saturated heterocycles. The van der Waals surface area contributed by atoms with Crippen LogP contribution < -0.4 is 10.6 Å². The van der Waals surface area contributed by atoms with Crippen molar-refractivity contribution >= 4 is 17.5 Å². The molecule has 0 amide bonds. The molecule has 3 heterocycles. The number of nitrogens with zero attached hydrogens (tertiary/aromatic N) is 6. The second-order valence-corrected chi connectivity index (χ2v) is 5.76. The van der Waals surface area contributed by atoms with Gasteiger partial charge in [-0.2, -0.15) is 4.98 Å². The normalized spacial score (nSPS) is 15.7. The quantitative estimate of drug-likeness (QED) is 0.640. The standard InChI is InChI=1S/C14H19N7O3/c1-9-11(10(2)24-18-9)8-19-3-5-20(6-4-19)14-16-7-12(21(22)23)13(15)17-14/h7H,3-6,8H2,1-2H3,(H2,15,16,17). The lowest BCUT2D eigenvalue weighted by atomic mass is 10.2. The first kappa shape index (κ1) is 16.1. The van der Waals surface area contributed by atoms with Crippen molar-refractivity contribution in [2.75, 3.05) is 36.8 Å². The molecule has 24 heavy (non-hydrogen) atoms. The Bertz CT molecular complexity index is 733. The summed E-state index contributed by atoms with van der Waals surface area (Å²) in [5, 5.41) is 14.7. The number of hydrogen-bond acceptors (Lipinski definition) is 9. The Morgan fingerprint density at radius 2 is 2.04 bits per heavy atom. The van der Waals surface area contributed by atoms with Crippen molar-refractivity contribution in [1.82, 2.24) is 20.0 Å². The van der Waals surface area contributed by atoms with Crippen molar-refractivity contribution in [3.05, 3.63) is 33.3 Å². The molecule has 0 atom stereocenters. The van der Waals surface area contributed by atoms with Crippen LogP contribution in [-0.4, -0.2) is 51.1 Å². The van der Waals surface area contributed by atoms with Crippen LogP contribution in [0.3, 0.4) is 0 Å². The molecule has 0 unspecified atom stereocenters. The minimum Gasteiger partial charge on any atom is -0.378 e. The van der Waals surface area contributed by atoms with Crippen LogP contribution in [0.2, 0.25) is 0 Å². The molecular formula is C14H19N7O3. The third-order valence-electron chi connectivity index (χ3n) is 4.20. The molecule has 2 aromatic rings. The van der Waals surface area contributed by atoms with Gasteiger partial charge in [-0.15, -0.1) is 0 Å². The summed E-state index contributed by atoms with van der Waals surface area (Å²) in [5.74, 6) is 1.17. The molecule has 0 aromatic carbocycles. The average Bonchev–Trinajstić information content (AvgIpc) is 2.87. The number of aromatic nitrogens is 3. The Labute approximate surface area is 138 Å². The van der Waals surface area contributed by atoms with Crippen molar-refractivity contribution in [3.8, 4) is 0 Å². The fourth-order valence-electron chi connectivity index (χ4n) is 2.73. The SMILES string of the molecule is Cc1noc(C)c1CN1CCN(c2ncc([N+](=O)[O-])c(N)n2)CC1. The number of nitrogen functional groups attached to an aromatic ring is 1. The number of rotatable bonds is 4. The number of hydrogen-bond donors (Lipinski definition) is 1. The minimum atomic E-state index is -0.583. The molecule has 0 bridgehead atoms. The Morgan fingerprint density at radius 1 is 1.33 bits per heavy atom. The van der Waals surface area contributed by atoms with Crippen LogP contribution in [0, 0.1) is 24.0 Å². The van der Waals surface area contributed by atoms with Gasteiger partial charge in [0.15, 0.2) is 0 Å². The van der Waals surface area contributed by atoms with Gasteiger partial charge in [0, 0.05) is 38.3 Å². The zero-order valence-corrected chi connectivity index (χ0v) is 13.6. The van der Waals surface area contributed by atoms with E-state index >= 15 is 0 Å². The van der Waals surface area contributed by atoms with Gasteiger partial charge in [-0.25, -0.2) is 4.98 Å². The number of piperazine rings is 1. The smallest absolute Gasteiger partial charge is 0.329 e. The van der Waals surface area contributed by atoms with Crippen LogP contribution in [0.5, 0.6) is 0 Å². The molecule has 3 rings (SSSR count). The monoisotopic (exact) mass is 333 g/mol. The van der Waals surface area contributed by atoms with Crippen molar-refractivity contribution in [3.63, 3.8) is 0 Å². The zero-order valence-electron chi connectivity index (χ0n) is 13.6. The topological polar surface area (TPSA) is 127 Å². The summed E-state index contributed by atoms with van der Waals surface area (Å²) < 4.78 is 5.19. The van der Waals surface area contributed by atoms with E-state index in [1.807, 2.05) is 18.7 Å². The molecule has 10 heteroatoms. The van der Waals surface area contributed by atoms with E-state index in [-0.39, 0.29) is 11.5 Å². The van der Waals surface area contributed by atoms with Crippen LogP contribution in [0.15, 0.2) is 10.7 Å². The van der Waals surface area contributed by atoms with Crippen LogP contribution >= 0.6 is 0 Å². The van der Waals surface area contributed by atoms with Gasteiger partial charge >= 0.3 is 5.69 Å². The Balaban J connectivity index is 1.63. The van der Waals surface area contributed by atoms with E-state index in [2.05, 4.69) is 20.0 Å². The second-order valence-electron chi connectivity index (χ2n) is 5.76. The van der Waals surface area contributed by atoms with Gasteiger partial charge in [0.2, 0.25) is 11.8 Å². The van der Waals surface area contributed by atoms with Crippen molar-refractivity contribution < 1.29 is 9.45 Å². The first-order chi connectivity index (χ1) is 11.5. The molecule has 10 nitrogen and oxygen atoms in total.